The number of methoxy groups -OCH3 is 1. The van der Waals surface area contributed by atoms with Crippen LogP contribution in [-0.2, 0) is 10.0 Å². The molecule has 1 heterocycles. The Bertz CT molecular complexity index is 587. The Morgan fingerprint density at radius 2 is 2.14 bits per heavy atom. The molecular formula is C15H22BrNO3S. The van der Waals surface area contributed by atoms with Gasteiger partial charge in [0.15, 0.2) is 0 Å². The molecule has 1 unspecified atom stereocenters. The van der Waals surface area contributed by atoms with Crippen molar-refractivity contribution in [2.45, 2.75) is 50.0 Å². The molecule has 118 valence electrons. The van der Waals surface area contributed by atoms with E-state index in [1.165, 1.54) is 7.11 Å². The Labute approximate surface area is 135 Å². The zero-order valence-electron chi connectivity index (χ0n) is 12.5. The molecule has 0 N–H and O–H groups in total. The predicted molar refractivity (Wildman–Crippen MR) is 87.1 cm³/mol. The number of rotatable bonds is 5. The highest BCUT2D eigenvalue weighted by Crippen LogP contribution is 2.33. The Balaban J connectivity index is 2.42. The van der Waals surface area contributed by atoms with Crippen LogP contribution in [-0.4, -0.2) is 32.4 Å². The van der Waals surface area contributed by atoms with Crippen molar-refractivity contribution in [3.05, 3.63) is 22.7 Å². The first-order valence-electron chi connectivity index (χ1n) is 7.36. The van der Waals surface area contributed by atoms with Gasteiger partial charge in [0.1, 0.15) is 10.6 Å². The van der Waals surface area contributed by atoms with Gasteiger partial charge in [-0.05, 0) is 37.5 Å². The fourth-order valence-corrected chi connectivity index (χ4v) is 5.31. The number of sulfonamides is 1. The van der Waals surface area contributed by atoms with Crippen molar-refractivity contribution in [3.8, 4) is 5.75 Å². The molecule has 1 aliphatic heterocycles. The third kappa shape index (κ3) is 3.60. The number of hydrogen-bond acceptors (Lipinski definition) is 3. The highest BCUT2D eigenvalue weighted by Gasteiger charge is 2.34. The third-order valence-corrected chi connectivity index (χ3v) is 6.37. The van der Waals surface area contributed by atoms with Crippen molar-refractivity contribution in [1.29, 1.82) is 0 Å². The Morgan fingerprint density at radius 3 is 2.81 bits per heavy atom. The van der Waals surface area contributed by atoms with Gasteiger partial charge in [-0.25, -0.2) is 8.42 Å². The summed E-state index contributed by atoms with van der Waals surface area (Å²) in [7, 11) is -2.02. The molecular weight excluding hydrogens is 354 g/mol. The van der Waals surface area contributed by atoms with Crippen molar-refractivity contribution in [2.75, 3.05) is 13.7 Å². The first kappa shape index (κ1) is 16.8. The van der Waals surface area contributed by atoms with Crippen LogP contribution in [0.2, 0.25) is 0 Å². The minimum Gasteiger partial charge on any atom is -0.495 e. The highest BCUT2D eigenvalue weighted by atomic mass is 79.9. The molecule has 1 aromatic carbocycles. The van der Waals surface area contributed by atoms with Crippen molar-refractivity contribution in [1.82, 2.24) is 4.31 Å². The van der Waals surface area contributed by atoms with E-state index in [9.17, 15) is 8.42 Å². The summed E-state index contributed by atoms with van der Waals surface area (Å²) in [5.41, 5.74) is 0. The van der Waals surface area contributed by atoms with Crippen LogP contribution in [0.4, 0.5) is 0 Å². The van der Waals surface area contributed by atoms with Crippen LogP contribution in [0, 0.1) is 0 Å². The van der Waals surface area contributed by atoms with Gasteiger partial charge in [0.25, 0.3) is 0 Å². The molecule has 0 aliphatic carbocycles. The van der Waals surface area contributed by atoms with E-state index >= 15 is 0 Å². The number of ether oxygens (including phenoxy) is 1. The summed E-state index contributed by atoms with van der Waals surface area (Å²) in [6, 6.07) is 5.22. The summed E-state index contributed by atoms with van der Waals surface area (Å²) in [6.45, 7) is 2.70. The zero-order valence-corrected chi connectivity index (χ0v) is 14.9. The van der Waals surface area contributed by atoms with Crippen LogP contribution >= 0.6 is 15.9 Å². The van der Waals surface area contributed by atoms with Crippen molar-refractivity contribution in [3.63, 3.8) is 0 Å². The largest absolute Gasteiger partial charge is 0.495 e. The van der Waals surface area contributed by atoms with Crippen molar-refractivity contribution >= 4 is 26.0 Å². The maximum Gasteiger partial charge on any atom is 0.247 e. The number of hydrogen-bond donors (Lipinski definition) is 0. The van der Waals surface area contributed by atoms with E-state index in [2.05, 4.69) is 22.9 Å². The molecule has 0 amide bonds. The summed E-state index contributed by atoms with van der Waals surface area (Å²) < 4.78 is 33.7. The van der Waals surface area contributed by atoms with E-state index in [1.807, 2.05) is 0 Å². The van der Waals surface area contributed by atoms with E-state index in [0.29, 0.717) is 12.3 Å². The fraction of sp³-hybridized carbons (Fsp3) is 0.600. The molecule has 4 nitrogen and oxygen atoms in total. The van der Waals surface area contributed by atoms with Gasteiger partial charge in [-0.2, -0.15) is 4.31 Å². The van der Waals surface area contributed by atoms with Gasteiger partial charge in [0.2, 0.25) is 10.0 Å². The van der Waals surface area contributed by atoms with Crippen LogP contribution in [0.25, 0.3) is 0 Å². The van der Waals surface area contributed by atoms with E-state index in [0.717, 1.165) is 36.6 Å². The van der Waals surface area contributed by atoms with Crippen molar-refractivity contribution in [2.24, 2.45) is 0 Å². The highest BCUT2D eigenvalue weighted by molar-refractivity contribution is 9.10. The van der Waals surface area contributed by atoms with Crippen LogP contribution in [0.15, 0.2) is 27.6 Å². The summed E-state index contributed by atoms with van der Waals surface area (Å²) in [5.74, 6) is 0.402. The van der Waals surface area contributed by atoms with Gasteiger partial charge in [0.05, 0.1) is 7.11 Å². The Morgan fingerprint density at radius 1 is 1.38 bits per heavy atom. The van der Waals surface area contributed by atoms with Crippen LogP contribution < -0.4 is 4.74 Å². The van der Waals surface area contributed by atoms with E-state index in [4.69, 9.17) is 4.74 Å². The second-order valence-corrected chi connectivity index (χ2v) is 8.12. The lowest BCUT2D eigenvalue weighted by Crippen LogP contribution is -2.43. The van der Waals surface area contributed by atoms with E-state index < -0.39 is 10.0 Å². The molecule has 1 fully saturated rings. The molecule has 21 heavy (non-hydrogen) atoms. The summed E-state index contributed by atoms with van der Waals surface area (Å²) in [4.78, 5) is 0.252. The second kappa shape index (κ2) is 7.11. The Kier molecular flexibility index (Phi) is 5.68. The number of halogens is 1. The van der Waals surface area contributed by atoms with Gasteiger partial charge < -0.3 is 4.74 Å². The second-order valence-electron chi connectivity index (χ2n) is 5.35. The first-order valence-corrected chi connectivity index (χ1v) is 9.59. The van der Waals surface area contributed by atoms with Gasteiger partial charge in [-0.3, -0.25) is 0 Å². The molecule has 0 spiro atoms. The van der Waals surface area contributed by atoms with Gasteiger partial charge in [-0.1, -0.05) is 35.7 Å². The summed E-state index contributed by atoms with van der Waals surface area (Å²) in [5, 5.41) is 0. The van der Waals surface area contributed by atoms with Gasteiger partial charge >= 0.3 is 0 Å². The lowest BCUT2D eigenvalue weighted by Gasteiger charge is -2.34. The molecule has 6 heteroatoms. The monoisotopic (exact) mass is 375 g/mol. The normalized spacial score (nSPS) is 20.4. The van der Waals surface area contributed by atoms with Crippen molar-refractivity contribution < 1.29 is 13.2 Å². The first-order chi connectivity index (χ1) is 10.0. The van der Waals surface area contributed by atoms with Gasteiger partial charge in [0, 0.05) is 17.1 Å². The van der Waals surface area contributed by atoms with E-state index in [1.54, 1.807) is 22.5 Å². The topological polar surface area (TPSA) is 46.6 Å². The molecule has 1 aliphatic rings. The number of nitrogens with zero attached hydrogens (tertiary/aromatic N) is 1. The molecule has 0 saturated carbocycles. The predicted octanol–water partition coefficient (Wildman–Crippen LogP) is 3.80. The average Bonchev–Trinajstić information content (AvgIpc) is 2.48. The third-order valence-electron chi connectivity index (χ3n) is 3.91. The standard InChI is InChI=1S/C15H22BrNO3S/c1-3-6-13-7-4-5-10-17(13)21(18,19)15-11-12(16)8-9-14(15)20-2/h8-9,11,13H,3-7,10H2,1-2H3. The van der Waals surface area contributed by atoms with E-state index in [-0.39, 0.29) is 10.9 Å². The Hall–Kier alpha value is -0.590. The lowest BCUT2D eigenvalue weighted by molar-refractivity contribution is 0.239. The maximum atomic E-state index is 13.0. The minimum atomic E-state index is -3.52. The minimum absolute atomic E-state index is 0.109. The number of piperidine rings is 1. The molecule has 1 aromatic rings. The maximum absolute atomic E-state index is 13.0. The molecule has 1 saturated heterocycles. The number of benzene rings is 1. The van der Waals surface area contributed by atoms with Crippen LogP contribution in [0.5, 0.6) is 5.75 Å². The summed E-state index contributed by atoms with van der Waals surface area (Å²) in [6.07, 6.45) is 4.88. The average molecular weight is 376 g/mol. The SMILES string of the molecule is CCCC1CCCCN1S(=O)(=O)c1cc(Br)ccc1OC. The molecule has 1 atom stereocenters. The van der Waals surface area contributed by atoms with Crippen LogP contribution in [0.3, 0.4) is 0 Å². The fourth-order valence-electron chi connectivity index (χ4n) is 2.89. The van der Waals surface area contributed by atoms with Crippen LogP contribution in [0.1, 0.15) is 39.0 Å². The lowest BCUT2D eigenvalue weighted by atomic mass is 10.0. The van der Waals surface area contributed by atoms with Gasteiger partial charge in [-0.15, -0.1) is 0 Å². The molecule has 0 bridgehead atoms. The molecule has 0 aromatic heterocycles. The summed E-state index contributed by atoms with van der Waals surface area (Å²) >= 11 is 3.35. The molecule has 2 rings (SSSR count). The molecule has 0 radical (unpaired) electrons. The smallest absolute Gasteiger partial charge is 0.247 e. The zero-order chi connectivity index (χ0) is 15.5. The quantitative estimate of drug-likeness (QED) is 0.785.